The minimum absolute atomic E-state index is 0.0655. The topological polar surface area (TPSA) is 69.6 Å². The molecule has 37 heavy (non-hydrogen) atoms. The number of allylic oxidation sites excluding steroid dienone is 1. The lowest BCUT2D eigenvalue weighted by atomic mass is 10.0. The quantitative estimate of drug-likeness (QED) is 0.0676. The number of aliphatic hydroxyl groups is 2. The number of hydrogen-bond donors (Lipinski definition) is 3. The highest BCUT2D eigenvalue weighted by Crippen LogP contribution is 2.14. The molecule has 0 bridgehead atoms. The lowest BCUT2D eigenvalue weighted by molar-refractivity contribution is -0.123. The molecule has 4 nitrogen and oxygen atoms in total. The third-order valence-corrected chi connectivity index (χ3v) is 7.52. The van der Waals surface area contributed by atoms with Gasteiger partial charge < -0.3 is 15.5 Å². The van der Waals surface area contributed by atoms with E-state index in [1.54, 1.807) is 6.08 Å². The summed E-state index contributed by atoms with van der Waals surface area (Å²) in [5, 5.41) is 22.8. The lowest BCUT2D eigenvalue weighted by Crippen LogP contribution is -2.45. The van der Waals surface area contributed by atoms with E-state index in [9.17, 15) is 15.0 Å². The van der Waals surface area contributed by atoms with Gasteiger partial charge in [-0.15, -0.1) is 0 Å². The fraction of sp³-hybridized carbons (Fsp3) is 0.909. The maximum absolute atomic E-state index is 12.2. The largest absolute Gasteiger partial charge is 0.394 e. The predicted molar refractivity (Wildman–Crippen MR) is 161 cm³/mol. The Hall–Kier alpha value is -0.870. The lowest BCUT2D eigenvalue weighted by Gasteiger charge is -2.20. The Morgan fingerprint density at radius 1 is 0.622 bits per heavy atom. The van der Waals surface area contributed by atoms with Gasteiger partial charge in [-0.2, -0.15) is 0 Å². The monoisotopic (exact) mass is 523 g/mol. The van der Waals surface area contributed by atoms with Crippen LogP contribution in [0.4, 0.5) is 0 Å². The van der Waals surface area contributed by atoms with E-state index in [1.165, 1.54) is 128 Å². The summed E-state index contributed by atoms with van der Waals surface area (Å²) in [5.41, 5.74) is 0. The highest BCUT2D eigenvalue weighted by molar-refractivity contribution is 5.76. The van der Waals surface area contributed by atoms with Crippen LogP contribution in [0.5, 0.6) is 0 Å². The van der Waals surface area contributed by atoms with Crippen LogP contribution in [0, 0.1) is 0 Å². The molecule has 0 aliphatic heterocycles. The third-order valence-electron chi connectivity index (χ3n) is 7.52. The average Bonchev–Trinajstić information content (AvgIpc) is 2.90. The fourth-order valence-electron chi connectivity index (χ4n) is 4.94. The summed E-state index contributed by atoms with van der Waals surface area (Å²) in [6, 6.07) is -0.613. The molecule has 0 aromatic rings. The summed E-state index contributed by atoms with van der Waals surface area (Å²) in [7, 11) is 0. The van der Waals surface area contributed by atoms with E-state index in [-0.39, 0.29) is 12.5 Å². The van der Waals surface area contributed by atoms with Gasteiger partial charge in [-0.1, -0.05) is 161 Å². The van der Waals surface area contributed by atoms with Crippen molar-refractivity contribution in [2.45, 2.75) is 187 Å². The van der Waals surface area contributed by atoms with Crippen molar-refractivity contribution >= 4 is 5.91 Å². The van der Waals surface area contributed by atoms with Crippen LogP contribution in [0.25, 0.3) is 0 Å². The normalized spacial score (nSPS) is 13.3. The van der Waals surface area contributed by atoms with E-state index < -0.39 is 12.1 Å². The molecule has 2 atom stereocenters. The highest BCUT2D eigenvalue weighted by atomic mass is 16.3. The van der Waals surface area contributed by atoms with Gasteiger partial charge in [0.1, 0.15) is 0 Å². The zero-order chi connectivity index (χ0) is 27.2. The van der Waals surface area contributed by atoms with Crippen molar-refractivity contribution in [2.75, 3.05) is 6.61 Å². The van der Waals surface area contributed by atoms with Gasteiger partial charge in [0.15, 0.2) is 0 Å². The first kappa shape index (κ1) is 36.1. The Morgan fingerprint density at radius 2 is 1.00 bits per heavy atom. The first-order valence-electron chi connectivity index (χ1n) is 16.4. The second-order valence-corrected chi connectivity index (χ2v) is 11.2. The molecular formula is C33H65NO3. The zero-order valence-electron chi connectivity index (χ0n) is 25.0. The minimum atomic E-state index is -0.830. The van der Waals surface area contributed by atoms with Crippen LogP contribution in [-0.4, -0.2) is 34.9 Å². The van der Waals surface area contributed by atoms with Crippen molar-refractivity contribution in [3.63, 3.8) is 0 Å². The number of aliphatic hydroxyl groups excluding tert-OH is 2. The van der Waals surface area contributed by atoms with E-state index in [0.29, 0.717) is 6.42 Å². The predicted octanol–water partition coefficient (Wildman–Crippen LogP) is 9.17. The maximum atomic E-state index is 12.2. The summed E-state index contributed by atoms with van der Waals surface area (Å²) in [5.74, 6) is -0.0655. The van der Waals surface area contributed by atoms with Gasteiger partial charge in [0.05, 0.1) is 18.8 Å². The molecule has 1 amide bonds. The Labute approximate surface area is 231 Å². The van der Waals surface area contributed by atoms with Crippen LogP contribution < -0.4 is 5.32 Å². The number of unbranched alkanes of at least 4 members (excludes halogenated alkanes) is 22. The number of carbonyl (C=O) groups is 1. The average molecular weight is 524 g/mol. The molecule has 0 saturated heterocycles. The standard InChI is InChI=1S/C33H65NO3/c1-3-5-7-9-11-13-15-17-19-21-23-25-27-29-33(37)34-31(30-35)32(36)28-26-24-22-20-18-16-14-12-10-8-6-4-2/h26,28,31-32,35-36H,3-25,27,29-30H2,1-2H3,(H,34,37). The van der Waals surface area contributed by atoms with Crippen molar-refractivity contribution in [1.82, 2.24) is 5.32 Å². The summed E-state index contributed by atoms with van der Waals surface area (Å²) >= 11 is 0. The second-order valence-electron chi connectivity index (χ2n) is 11.2. The van der Waals surface area contributed by atoms with Crippen molar-refractivity contribution < 1.29 is 15.0 Å². The van der Waals surface area contributed by atoms with Crippen LogP contribution >= 0.6 is 0 Å². The molecule has 0 fully saturated rings. The smallest absolute Gasteiger partial charge is 0.220 e. The van der Waals surface area contributed by atoms with Crippen molar-refractivity contribution in [3.05, 3.63) is 12.2 Å². The van der Waals surface area contributed by atoms with E-state index in [0.717, 1.165) is 25.7 Å². The third kappa shape index (κ3) is 26.5. The molecule has 2 unspecified atom stereocenters. The van der Waals surface area contributed by atoms with Crippen LogP contribution in [0.3, 0.4) is 0 Å². The molecule has 0 radical (unpaired) electrons. The van der Waals surface area contributed by atoms with Crippen LogP contribution in [0.15, 0.2) is 12.2 Å². The summed E-state index contributed by atoms with van der Waals surface area (Å²) in [4.78, 5) is 12.2. The van der Waals surface area contributed by atoms with Gasteiger partial charge in [-0.25, -0.2) is 0 Å². The van der Waals surface area contributed by atoms with Gasteiger partial charge in [0, 0.05) is 6.42 Å². The van der Waals surface area contributed by atoms with Crippen LogP contribution in [0.2, 0.25) is 0 Å². The molecule has 220 valence electrons. The molecule has 0 saturated carbocycles. The number of carbonyl (C=O) groups excluding carboxylic acids is 1. The second kappa shape index (κ2) is 29.7. The van der Waals surface area contributed by atoms with Crippen LogP contribution in [0.1, 0.15) is 174 Å². The van der Waals surface area contributed by atoms with Crippen molar-refractivity contribution in [1.29, 1.82) is 0 Å². The molecule has 3 N–H and O–H groups in total. The molecule has 0 aliphatic carbocycles. The molecule has 0 aliphatic rings. The van der Waals surface area contributed by atoms with E-state index >= 15 is 0 Å². The van der Waals surface area contributed by atoms with Crippen LogP contribution in [-0.2, 0) is 4.79 Å². The first-order chi connectivity index (χ1) is 18.2. The molecular weight excluding hydrogens is 458 g/mol. The molecule has 0 aromatic carbocycles. The fourth-order valence-corrected chi connectivity index (χ4v) is 4.94. The van der Waals surface area contributed by atoms with Gasteiger partial charge in [0.25, 0.3) is 0 Å². The van der Waals surface area contributed by atoms with E-state index in [4.69, 9.17) is 0 Å². The number of nitrogens with one attached hydrogen (secondary N) is 1. The molecule has 0 spiro atoms. The maximum Gasteiger partial charge on any atom is 0.220 e. The first-order valence-corrected chi connectivity index (χ1v) is 16.4. The Morgan fingerprint density at radius 3 is 1.41 bits per heavy atom. The molecule has 0 heterocycles. The molecule has 0 rings (SSSR count). The number of hydrogen-bond acceptors (Lipinski definition) is 3. The summed E-state index contributed by atoms with van der Waals surface area (Å²) < 4.78 is 0. The van der Waals surface area contributed by atoms with Gasteiger partial charge >= 0.3 is 0 Å². The van der Waals surface area contributed by atoms with Crippen molar-refractivity contribution in [2.24, 2.45) is 0 Å². The van der Waals surface area contributed by atoms with E-state index in [2.05, 4.69) is 19.2 Å². The highest BCUT2D eigenvalue weighted by Gasteiger charge is 2.17. The SMILES string of the molecule is CCCCCCCCCCCCC=CC(O)C(CO)NC(=O)CCCCCCCCCCCCCCC. The van der Waals surface area contributed by atoms with E-state index in [1.807, 2.05) is 6.08 Å². The Kier molecular flexibility index (Phi) is 29.0. The summed E-state index contributed by atoms with van der Waals surface area (Å²) in [6.07, 6.45) is 34.2. The zero-order valence-corrected chi connectivity index (χ0v) is 25.0. The Bertz CT molecular complexity index is 494. The molecule has 4 heteroatoms. The van der Waals surface area contributed by atoms with Gasteiger partial charge in [0.2, 0.25) is 5.91 Å². The molecule has 0 aromatic heterocycles. The van der Waals surface area contributed by atoms with Crippen molar-refractivity contribution in [3.8, 4) is 0 Å². The number of amides is 1. The van der Waals surface area contributed by atoms with Gasteiger partial charge in [-0.05, 0) is 19.3 Å². The van der Waals surface area contributed by atoms with Gasteiger partial charge in [-0.3, -0.25) is 4.79 Å². The minimum Gasteiger partial charge on any atom is -0.394 e. The number of rotatable bonds is 29. The Balaban J connectivity index is 3.64. The summed E-state index contributed by atoms with van der Waals surface area (Å²) in [6.45, 7) is 4.28.